The number of nitrogen functional groups attached to an aromatic ring is 1. The standard InChI is InChI=1S/C12H18N4S/c1-5-9(16(3)4)10-8(13)6-14-12-11(10)15-7(2)17-12/h6,9H,5,13H2,1-4H3. The van der Waals surface area contributed by atoms with Gasteiger partial charge in [-0.3, -0.25) is 0 Å². The fourth-order valence-corrected chi connectivity index (χ4v) is 2.97. The van der Waals surface area contributed by atoms with Crippen LogP contribution in [0.2, 0.25) is 0 Å². The first-order valence-corrected chi connectivity index (χ1v) is 6.54. The lowest BCUT2D eigenvalue weighted by Crippen LogP contribution is -2.20. The van der Waals surface area contributed by atoms with Crippen molar-refractivity contribution in [1.82, 2.24) is 14.9 Å². The highest BCUT2D eigenvalue weighted by Gasteiger charge is 2.20. The maximum absolute atomic E-state index is 6.09. The summed E-state index contributed by atoms with van der Waals surface area (Å²) in [5.74, 6) is 0. The quantitative estimate of drug-likeness (QED) is 0.909. The third-order valence-electron chi connectivity index (χ3n) is 2.95. The number of hydrogen-bond donors (Lipinski definition) is 1. The number of aromatic nitrogens is 2. The van der Waals surface area contributed by atoms with E-state index in [2.05, 4.69) is 35.9 Å². The number of anilines is 1. The Bertz CT molecular complexity index is 533. The topological polar surface area (TPSA) is 55.0 Å². The fourth-order valence-electron chi connectivity index (χ4n) is 2.19. The van der Waals surface area contributed by atoms with Crippen molar-refractivity contribution in [3.05, 3.63) is 16.8 Å². The maximum atomic E-state index is 6.09. The molecule has 2 aromatic heterocycles. The lowest BCUT2D eigenvalue weighted by molar-refractivity contribution is 0.294. The van der Waals surface area contributed by atoms with Crippen LogP contribution >= 0.6 is 11.3 Å². The van der Waals surface area contributed by atoms with E-state index in [1.54, 1.807) is 17.5 Å². The summed E-state index contributed by atoms with van der Waals surface area (Å²) in [5.41, 5.74) is 8.91. The second kappa shape index (κ2) is 4.58. The summed E-state index contributed by atoms with van der Waals surface area (Å²) >= 11 is 1.62. The van der Waals surface area contributed by atoms with Crippen LogP contribution in [0.4, 0.5) is 5.69 Å². The van der Waals surface area contributed by atoms with Crippen molar-refractivity contribution >= 4 is 27.4 Å². The molecule has 1 unspecified atom stereocenters. The van der Waals surface area contributed by atoms with Crippen molar-refractivity contribution in [2.75, 3.05) is 19.8 Å². The first kappa shape index (κ1) is 12.3. The molecule has 17 heavy (non-hydrogen) atoms. The van der Waals surface area contributed by atoms with Crippen molar-refractivity contribution in [2.45, 2.75) is 26.3 Å². The Morgan fingerprint density at radius 3 is 2.76 bits per heavy atom. The van der Waals surface area contributed by atoms with Crippen molar-refractivity contribution in [2.24, 2.45) is 0 Å². The molecule has 0 radical (unpaired) electrons. The van der Waals surface area contributed by atoms with Crippen molar-refractivity contribution in [3.8, 4) is 0 Å². The van der Waals surface area contributed by atoms with Gasteiger partial charge in [-0.25, -0.2) is 9.97 Å². The minimum atomic E-state index is 0.294. The molecule has 0 amide bonds. The molecule has 0 fully saturated rings. The van der Waals surface area contributed by atoms with E-state index in [1.165, 1.54) is 0 Å². The first-order chi connectivity index (χ1) is 8.04. The summed E-state index contributed by atoms with van der Waals surface area (Å²) in [6, 6.07) is 0.294. The van der Waals surface area contributed by atoms with Crippen LogP contribution < -0.4 is 5.73 Å². The molecule has 5 heteroatoms. The predicted molar refractivity (Wildman–Crippen MR) is 73.3 cm³/mol. The van der Waals surface area contributed by atoms with E-state index in [-0.39, 0.29) is 0 Å². The fraction of sp³-hybridized carbons (Fsp3) is 0.500. The average molecular weight is 250 g/mol. The smallest absolute Gasteiger partial charge is 0.143 e. The van der Waals surface area contributed by atoms with Gasteiger partial charge in [-0.2, -0.15) is 0 Å². The third-order valence-corrected chi connectivity index (χ3v) is 3.83. The lowest BCUT2D eigenvalue weighted by Gasteiger charge is -2.24. The zero-order chi connectivity index (χ0) is 12.6. The predicted octanol–water partition coefficient (Wildman–Crippen LogP) is 2.59. The van der Waals surface area contributed by atoms with Gasteiger partial charge >= 0.3 is 0 Å². The van der Waals surface area contributed by atoms with E-state index < -0.39 is 0 Å². The van der Waals surface area contributed by atoms with Crippen LogP contribution in [0.25, 0.3) is 10.3 Å². The van der Waals surface area contributed by atoms with E-state index >= 15 is 0 Å². The summed E-state index contributed by atoms with van der Waals surface area (Å²) in [7, 11) is 4.14. The maximum Gasteiger partial charge on any atom is 0.143 e. The van der Waals surface area contributed by atoms with E-state index in [1.807, 2.05) is 6.92 Å². The van der Waals surface area contributed by atoms with Crippen molar-refractivity contribution in [1.29, 1.82) is 0 Å². The van der Waals surface area contributed by atoms with Crippen molar-refractivity contribution in [3.63, 3.8) is 0 Å². The Morgan fingerprint density at radius 2 is 2.18 bits per heavy atom. The Hall–Kier alpha value is -1.20. The van der Waals surface area contributed by atoms with Crippen LogP contribution in [0, 0.1) is 6.92 Å². The zero-order valence-electron chi connectivity index (χ0n) is 10.7. The number of aryl methyl sites for hydroxylation is 1. The molecule has 2 aromatic rings. The molecule has 0 bridgehead atoms. The monoisotopic (exact) mass is 250 g/mol. The molecule has 2 heterocycles. The van der Waals surface area contributed by atoms with E-state index in [9.17, 15) is 0 Å². The molecule has 1 atom stereocenters. The molecule has 92 valence electrons. The van der Waals surface area contributed by atoms with Crippen LogP contribution in [0.3, 0.4) is 0 Å². The minimum Gasteiger partial charge on any atom is -0.397 e. The van der Waals surface area contributed by atoms with Gasteiger partial charge in [0.2, 0.25) is 0 Å². The Kier molecular flexibility index (Phi) is 3.31. The molecule has 0 aliphatic heterocycles. The summed E-state index contributed by atoms with van der Waals surface area (Å²) in [4.78, 5) is 12.1. The summed E-state index contributed by atoms with van der Waals surface area (Å²) < 4.78 is 0. The number of rotatable bonds is 3. The molecule has 2 N–H and O–H groups in total. The van der Waals surface area contributed by atoms with Crippen LogP contribution in [0.1, 0.15) is 30.0 Å². The number of hydrogen-bond acceptors (Lipinski definition) is 5. The SMILES string of the molecule is CCC(c1c(N)cnc2sc(C)nc12)N(C)C. The van der Waals surface area contributed by atoms with Crippen LogP contribution in [-0.2, 0) is 0 Å². The number of fused-ring (bicyclic) bond motifs is 1. The Morgan fingerprint density at radius 1 is 1.47 bits per heavy atom. The Balaban J connectivity index is 2.68. The van der Waals surface area contributed by atoms with Gasteiger partial charge in [-0.1, -0.05) is 18.3 Å². The van der Waals surface area contributed by atoms with Gasteiger partial charge in [0.1, 0.15) is 10.3 Å². The van der Waals surface area contributed by atoms with Crippen LogP contribution in [-0.4, -0.2) is 29.0 Å². The molecular formula is C12H18N4S. The van der Waals surface area contributed by atoms with Gasteiger partial charge < -0.3 is 10.6 Å². The third kappa shape index (κ3) is 2.12. The lowest BCUT2D eigenvalue weighted by atomic mass is 10.0. The highest BCUT2D eigenvalue weighted by Crippen LogP contribution is 2.34. The molecule has 0 aliphatic carbocycles. The summed E-state index contributed by atoms with van der Waals surface area (Å²) in [6.45, 7) is 4.17. The van der Waals surface area contributed by atoms with Gasteiger partial charge in [-0.15, -0.1) is 0 Å². The van der Waals surface area contributed by atoms with Gasteiger partial charge in [0, 0.05) is 11.6 Å². The molecular weight excluding hydrogens is 232 g/mol. The van der Waals surface area contributed by atoms with Gasteiger partial charge in [0.05, 0.1) is 16.9 Å². The Labute approximate surface area is 105 Å². The number of nitrogens with two attached hydrogens (primary N) is 1. The molecule has 0 saturated carbocycles. The van der Waals surface area contributed by atoms with Crippen LogP contribution in [0.5, 0.6) is 0 Å². The van der Waals surface area contributed by atoms with Crippen molar-refractivity contribution < 1.29 is 0 Å². The van der Waals surface area contributed by atoms with Crippen LogP contribution in [0.15, 0.2) is 6.20 Å². The summed E-state index contributed by atoms with van der Waals surface area (Å²) in [5, 5.41) is 1.04. The minimum absolute atomic E-state index is 0.294. The molecule has 0 aliphatic rings. The molecule has 0 spiro atoms. The summed E-state index contributed by atoms with van der Waals surface area (Å²) in [6.07, 6.45) is 2.76. The average Bonchev–Trinajstić information content (AvgIpc) is 2.63. The van der Waals surface area contributed by atoms with Gasteiger partial charge in [0.25, 0.3) is 0 Å². The van der Waals surface area contributed by atoms with E-state index in [0.717, 1.165) is 33.0 Å². The molecule has 4 nitrogen and oxygen atoms in total. The highest BCUT2D eigenvalue weighted by atomic mass is 32.1. The van der Waals surface area contributed by atoms with E-state index in [0.29, 0.717) is 6.04 Å². The second-order valence-corrected chi connectivity index (χ2v) is 5.58. The zero-order valence-corrected chi connectivity index (χ0v) is 11.5. The highest BCUT2D eigenvalue weighted by molar-refractivity contribution is 7.18. The van der Waals surface area contributed by atoms with Gasteiger partial charge in [-0.05, 0) is 27.4 Å². The second-order valence-electron chi connectivity index (χ2n) is 4.40. The van der Waals surface area contributed by atoms with E-state index in [4.69, 9.17) is 5.73 Å². The number of nitrogens with zero attached hydrogens (tertiary/aromatic N) is 3. The number of pyridine rings is 1. The molecule has 0 saturated heterocycles. The first-order valence-electron chi connectivity index (χ1n) is 5.72. The number of thiazole rings is 1. The molecule has 0 aromatic carbocycles. The van der Waals surface area contributed by atoms with Gasteiger partial charge in [0.15, 0.2) is 0 Å². The molecule has 2 rings (SSSR count). The normalized spacial score (nSPS) is 13.5. The largest absolute Gasteiger partial charge is 0.397 e.